The minimum Gasteiger partial charge on any atom is -0.496 e. The Labute approximate surface area is 162 Å². The smallest absolute Gasteiger partial charge is 0.277 e. The molecular formula is C17H16Br2N2O4. The van der Waals surface area contributed by atoms with E-state index in [0.717, 1.165) is 14.5 Å². The van der Waals surface area contributed by atoms with Crippen molar-refractivity contribution in [3.63, 3.8) is 0 Å². The molecule has 0 aromatic heterocycles. The summed E-state index contributed by atoms with van der Waals surface area (Å²) in [5.41, 5.74) is 3.13. The molecule has 0 fully saturated rings. The molecule has 8 heteroatoms. The standard InChI is InChI=1S/C17H16Br2N2O4/c1-23-14-5-3-12(18)7-11(14)9-20-21-17(22)10-25-15-6-4-13(19)8-16(15)24-2/h3-9H,10H2,1-2H3,(H,21,22). The number of hydrogen-bond donors (Lipinski definition) is 1. The number of hydrogen-bond acceptors (Lipinski definition) is 5. The maximum atomic E-state index is 11.9. The van der Waals surface area contributed by atoms with Crippen molar-refractivity contribution in [2.75, 3.05) is 20.8 Å². The maximum absolute atomic E-state index is 11.9. The lowest BCUT2D eigenvalue weighted by Crippen LogP contribution is -2.24. The number of carbonyl (C=O) groups is 1. The number of halogens is 2. The maximum Gasteiger partial charge on any atom is 0.277 e. The first kappa shape index (κ1) is 19.3. The van der Waals surface area contributed by atoms with Crippen LogP contribution in [0.5, 0.6) is 17.2 Å². The number of nitrogens with zero attached hydrogens (tertiary/aromatic N) is 1. The number of ether oxygens (including phenoxy) is 3. The van der Waals surface area contributed by atoms with Gasteiger partial charge in [-0.3, -0.25) is 4.79 Å². The number of nitrogens with one attached hydrogen (secondary N) is 1. The molecule has 0 aliphatic rings. The molecule has 25 heavy (non-hydrogen) atoms. The van der Waals surface area contributed by atoms with Gasteiger partial charge < -0.3 is 14.2 Å². The molecule has 1 amide bonds. The fourth-order valence-corrected chi connectivity index (χ4v) is 2.64. The molecule has 0 saturated carbocycles. The Balaban J connectivity index is 1.92. The zero-order valence-electron chi connectivity index (χ0n) is 13.6. The summed E-state index contributed by atoms with van der Waals surface area (Å²) in [6.45, 7) is -0.190. The van der Waals surface area contributed by atoms with Crippen LogP contribution in [0.3, 0.4) is 0 Å². The Morgan fingerprint density at radius 1 is 1.04 bits per heavy atom. The second-order valence-corrected chi connectivity index (χ2v) is 6.59. The third kappa shape index (κ3) is 5.75. The van der Waals surface area contributed by atoms with Crippen molar-refractivity contribution in [2.24, 2.45) is 5.10 Å². The van der Waals surface area contributed by atoms with Gasteiger partial charge in [-0.1, -0.05) is 31.9 Å². The topological polar surface area (TPSA) is 69.2 Å². The Kier molecular flexibility index (Phi) is 7.27. The fraction of sp³-hybridized carbons (Fsp3) is 0.176. The van der Waals surface area contributed by atoms with E-state index in [1.54, 1.807) is 31.4 Å². The molecule has 1 N–H and O–H groups in total. The molecule has 2 aromatic carbocycles. The van der Waals surface area contributed by atoms with Crippen LogP contribution in [0.2, 0.25) is 0 Å². The zero-order chi connectivity index (χ0) is 18.2. The largest absolute Gasteiger partial charge is 0.496 e. The molecule has 0 bridgehead atoms. The number of hydrazone groups is 1. The summed E-state index contributed by atoms with van der Waals surface area (Å²) in [7, 11) is 3.10. The van der Waals surface area contributed by atoms with Crippen LogP contribution in [0.25, 0.3) is 0 Å². The second-order valence-electron chi connectivity index (χ2n) is 4.76. The number of amides is 1. The highest BCUT2D eigenvalue weighted by Gasteiger charge is 2.08. The third-order valence-electron chi connectivity index (χ3n) is 3.07. The lowest BCUT2D eigenvalue weighted by atomic mass is 10.2. The van der Waals surface area contributed by atoms with Crippen LogP contribution < -0.4 is 19.6 Å². The molecule has 0 heterocycles. The van der Waals surface area contributed by atoms with Crippen LogP contribution in [0.1, 0.15) is 5.56 Å². The summed E-state index contributed by atoms with van der Waals surface area (Å²) in [6, 6.07) is 10.8. The van der Waals surface area contributed by atoms with Crippen molar-refractivity contribution < 1.29 is 19.0 Å². The SMILES string of the molecule is COc1ccc(Br)cc1C=NNC(=O)COc1ccc(Br)cc1OC. The van der Waals surface area contributed by atoms with Gasteiger partial charge in [-0.05, 0) is 36.4 Å². The van der Waals surface area contributed by atoms with Gasteiger partial charge in [-0.15, -0.1) is 0 Å². The monoisotopic (exact) mass is 470 g/mol. The van der Waals surface area contributed by atoms with Crippen LogP contribution in [-0.2, 0) is 4.79 Å². The molecule has 0 unspecified atom stereocenters. The highest BCUT2D eigenvalue weighted by atomic mass is 79.9. The molecular weight excluding hydrogens is 456 g/mol. The summed E-state index contributed by atoms with van der Waals surface area (Å²) in [6.07, 6.45) is 1.50. The van der Waals surface area contributed by atoms with Gasteiger partial charge in [0.25, 0.3) is 5.91 Å². The quantitative estimate of drug-likeness (QED) is 0.493. The third-order valence-corrected chi connectivity index (χ3v) is 4.06. The summed E-state index contributed by atoms with van der Waals surface area (Å²) in [5.74, 6) is 1.26. The van der Waals surface area contributed by atoms with Crippen LogP contribution in [0, 0.1) is 0 Å². The average Bonchev–Trinajstić information content (AvgIpc) is 2.60. The Hall–Kier alpha value is -2.06. The number of carbonyl (C=O) groups excluding carboxylic acids is 1. The summed E-state index contributed by atoms with van der Waals surface area (Å²) < 4.78 is 17.6. The van der Waals surface area contributed by atoms with Crippen molar-refractivity contribution in [2.45, 2.75) is 0 Å². The van der Waals surface area contributed by atoms with E-state index in [9.17, 15) is 4.79 Å². The van der Waals surface area contributed by atoms with E-state index in [4.69, 9.17) is 14.2 Å². The normalized spacial score (nSPS) is 10.6. The van der Waals surface area contributed by atoms with E-state index in [1.807, 2.05) is 12.1 Å². The average molecular weight is 472 g/mol. The van der Waals surface area contributed by atoms with E-state index in [0.29, 0.717) is 17.2 Å². The van der Waals surface area contributed by atoms with Crippen molar-refractivity contribution >= 4 is 44.0 Å². The van der Waals surface area contributed by atoms with Gasteiger partial charge in [-0.2, -0.15) is 5.10 Å². The van der Waals surface area contributed by atoms with Gasteiger partial charge in [0.05, 0.1) is 20.4 Å². The van der Waals surface area contributed by atoms with E-state index in [2.05, 4.69) is 42.4 Å². The highest BCUT2D eigenvalue weighted by molar-refractivity contribution is 9.10. The van der Waals surface area contributed by atoms with Crippen LogP contribution in [0.4, 0.5) is 0 Å². The zero-order valence-corrected chi connectivity index (χ0v) is 16.8. The summed E-state index contributed by atoms with van der Waals surface area (Å²) in [4.78, 5) is 11.9. The van der Waals surface area contributed by atoms with Crippen LogP contribution in [0.15, 0.2) is 50.4 Å². The molecule has 2 aromatic rings. The van der Waals surface area contributed by atoms with Crippen molar-refractivity contribution in [1.29, 1.82) is 0 Å². The van der Waals surface area contributed by atoms with E-state index in [-0.39, 0.29) is 6.61 Å². The van der Waals surface area contributed by atoms with E-state index in [1.165, 1.54) is 13.3 Å². The first-order chi connectivity index (χ1) is 12.0. The minimum absolute atomic E-state index is 0.190. The molecule has 0 saturated heterocycles. The van der Waals surface area contributed by atoms with Gasteiger partial charge in [0.15, 0.2) is 18.1 Å². The molecule has 0 aliphatic heterocycles. The molecule has 6 nitrogen and oxygen atoms in total. The van der Waals surface area contributed by atoms with E-state index < -0.39 is 5.91 Å². The lowest BCUT2D eigenvalue weighted by Gasteiger charge is -2.10. The predicted molar refractivity (Wildman–Crippen MR) is 103 cm³/mol. The Bertz CT molecular complexity index is 781. The van der Waals surface area contributed by atoms with Gasteiger partial charge in [-0.25, -0.2) is 5.43 Å². The predicted octanol–water partition coefficient (Wildman–Crippen LogP) is 3.76. The Morgan fingerprint density at radius 3 is 2.36 bits per heavy atom. The summed E-state index contributed by atoms with van der Waals surface area (Å²) >= 11 is 6.72. The minimum atomic E-state index is -0.393. The lowest BCUT2D eigenvalue weighted by molar-refractivity contribution is -0.123. The van der Waals surface area contributed by atoms with Crippen molar-refractivity contribution in [3.8, 4) is 17.2 Å². The van der Waals surface area contributed by atoms with Gasteiger partial charge in [0.2, 0.25) is 0 Å². The van der Waals surface area contributed by atoms with Crippen LogP contribution in [-0.4, -0.2) is 32.9 Å². The van der Waals surface area contributed by atoms with Gasteiger partial charge >= 0.3 is 0 Å². The second kappa shape index (κ2) is 9.43. The molecule has 0 radical (unpaired) electrons. The number of benzene rings is 2. The first-order valence-corrected chi connectivity index (χ1v) is 8.74. The van der Waals surface area contributed by atoms with Crippen molar-refractivity contribution in [3.05, 3.63) is 50.9 Å². The van der Waals surface area contributed by atoms with Gasteiger partial charge in [0.1, 0.15) is 5.75 Å². The molecule has 0 aliphatic carbocycles. The summed E-state index contributed by atoms with van der Waals surface area (Å²) in [5, 5.41) is 3.92. The molecule has 0 spiro atoms. The first-order valence-electron chi connectivity index (χ1n) is 7.15. The molecule has 132 valence electrons. The fourth-order valence-electron chi connectivity index (χ4n) is 1.92. The van der Waals surface area contributed by atoms with Crippen molar-refractivity contribution in [1.82, 2.24) is 5.43 Å². The van der Waals surface area contributed by atoms with Gasteiger partial charge in [0, 0.05) is 14.5 Å². The highest BCUT2D eigenvalue weighted by Crippen LogP contribution is 2.30. The number of rotatable bonds is 7. The van der Waals surface area contributed by atoms with E-state index >= 15 is 0 Å². The van der Waals surface area contributed by atoms with Crippen LogP contribution >= 0.6 is 31.9 Å². The Morgan fingerprint density at radius 2 is 1.68 bits per heavy atom. The molecule has 2 rings (SSSR count). The number of methoxy groups -OCH3 is 2. The molecule has 0 atom stereocenters.